The van der Waals surface area contributed by atoms with Gasteiger partial charge in [-0.25, -0.2) is 4.99 Å². The van der Waals surface area contributed by atoms with Crippen LogP contribution in [0.2, 0.25) is 0 Å². The molecule has 0 aliphatic carbocycles. The average molecular weight is 260 g/mol. The first kappa shape index (κ1) is 13.5. The number of amidine groups is 1. The highest BCUT2D eigenvalue weighted by Gasteiger charge is 2.49. The number of fused-ring (bicyclic) bond motifs is 1. The van der Waals surface area contributed by atoms with Crippen LogP contribution in [0.15, 0.2) is 4.99 Å². The fourth-order valence-corrected chi connectivity index (χ4v) is 2.04. The molecule has 0 spiro atoms. The Morgan fingerprint density at radius 2 is 2.11 bits per heavy atom. The van der Waals surface area contributed by atoms with E-state index >= 15 is 0 Å². The van der Waals surface area contributed by atoms with Gasteiger partial charge in [0.25, 0.3) is 6.02 Å². The van der Waals surface area contributed by atoms with Crippen LogP contribution in [-0.2, 0) is 9.47 Å². The van der Waals surface area contributed by atoms with Crippen molar-refractivity contribution in [2.75, 3.05) is 13.2 Å². The molecule has 7 heteroatoms. The number of aliphatic hydroxyl groups excluding tert-OH is 3. The molecule has 0 unspecified atom stereocenters. The van der Waals surface area contributed by atoms with Crippen molar-refractivity contribution in [3.05, 3.63) is 0 Å². The summed E-state index contributed by atoms with van der Waals surface area (Å²) < 4.78 is 10.8. The second-order valence-corrected chi connectivity index (χ2v) is 4.53. The highest BCUT2D eigenvalue weighted by Crippen LogP contribution is 2.25. The molecule has 0 radical (unpaired) electrons. The monoisotopic (exact) mass is 260 g/mol. The molecule has 2 aliphatic heterocycles. The van der Waals surface area contributed by atoms with E-state index in [0.717, 1.165) is 12.8 Å². The lowest BCUT2D eigenvalue weighted by atomic mass is 9.99. The lowest BCUT2D eigenvalue weighted by molar-refractivity contribution is -0.214. The maximum Gasteiger partial charge on any atom is 0.287 e. The number of aliphatic hydroxyl groups is 3. The van der Waals surface area contributed by atoms with Gasteiger partial charge in [0.2, 0.25) is 0 Å². The van der Waals surface area contributed by atoms with Crippen molar-refractivity contribution in [2.45, 2.75) is 50.4 Å². The van der Waals surface area contributed by atoms with Crippen molar-refractivity contribution in [3.8, 4) is 0 Å². The van der Waals surface area contributed by atoms with Crippen LogP contribution in [0.25, 0.3) is 0 Å². The molecular weight excluding hydrogens is 240 g/mol. The number of hydrogen-bond donors (Lipinski definition) is 4. The maximum absolute atomic E-state index is 9.88. The smallest absolute Gasteiger partial charge is 0.287 e. The standard InChI is InChI=1S/C11H20N2O5/c1-2-3-4-12-11-13-10-9(18-11)8(16)7(15)6(5-14)17-10/h6-10,14-16H,2-5H2,1H3,(H,12,13)/t6-,7-,8+,9-,10-/m1/s1. The Kier molecular flexibility index (Phi) is 4.39. The van der Waals surface area contributed by atoms with Gasteiger partial charge in [0.05, 0.1) is 6.61 Å². The second kappa shape index (κ2) is 5.83. The first-order valence-electron chi connectivity index (χ1n) is 6.27. The van der Waals surface area contributed by atoms with Crippen LogP contribution in [-0.4, -0.2) is 65.1 Å². The third-order valence-corrected chi connectivity index (χ3v) is 3.15. The van der Waals surface area contributed by atoms with Crippen molar-refractivity contribution >= 4 is 6.02 Å². The summed E-state index contributed by atoms with van der Waals surface area (Å²) in [6.07, 6.45) is -2.36. The van der Waals surface area contributed by atoms with Crippen LogP contribution < -0.4 is 5.32 Å². The fraction of sp³-hybridized carbons (Fsp3) is 0.909. The number of unbranched alkanes of at least 4 members (excludes halogenated alkanes) is 1. The molecule has 2 heterocycles. The van der Waals surface area contributed by atoms with E-state index in [1.165, 1.54) is 0 Å². The van der Waals surface area contributed by atoms with Crippen molar-refractivity contribution in [2.24, 2.45) is 4.99 Å². The molecule has 2 rings (SSSR count). The topological polar surface area (TPSA) is 104 Å². The van der Waals surface area contributed by atoms with Crippen LogP contribution in [0.3, 0.4) is 0 Å². The third-order valence-electron chi connectivity index (χ3n) is 3.15. The number of rotatable bonds is 4. The quantitative estimate of drug-likeness (QED) is 0.462. The number of nitrogens with one attached hydrogen (secondary N) is 1. The van der Waals surface area contributed by atoms with Crippen molar-refractivity contribution in [1.82, 2.24) is 5.32 Å². The molecule has 18 heavy (non-hydrogen) atoms. The van der Waals surface area contributed by atoms with E-state index in [2.05, 4.69) is 17.2 Å². The fourth-order valence-electron chi connectivity index (χ4n) is 2.04. The molecule has 2 fully saturated rings. The molecule has 2 aliphatic rings. The first-order valence-corrected chi connectivity index (χ1v) is 6.27. The summed E-state index contributed by atoms with van der Waals surface area (Å²) in [4.78, 5) is 4.20. The van der Waals surface area contributed by atoms with E-state index < -0.39 is 30.6 Å². The normalized spacial score (nSPS) is 41.3. The highest BCUT2D eigenvalue weighted by molar-refractivity contribution is 5.76. The predicted octanol–water partition coefficient (Wildman–Crippen LogP) is -1.43. The number of ether oxygens (including phenoxy) is 2. The van der Waals surface area contributed by atoms with Gasteiger partial charge in [-0.05, 0) is 6.42 Å². The lowest BCUT2D eigenvalue weighted by Gasteiger charge is -2.36. The molecule has 104 valence electrons. The van der Waals surface area contributed by atoms with Crippen LogP contribution in [0, 0.1) is 0 Å². The zero-order valence-electron chi connectivity index (χ0n) is 10.3. The van der Waals surface area contributed by atoms with Gasteiger partial charge < -0.3 is 30.1 Å². The molecule has 0 bridgehead atoms. The Hall–Kier alpha value is -0.890. The van der Waals surface area contributed by atoms with Gasteiger partial charge in [0, 0.05) is 6.54 Å². The summed E-state index contributed by atoms with van der Waals surface area (Å²) in [6, 6.07) is 0.322. The van der Waals surface area contributed by atoms with Crippen LogP contribution >= 0.6 is 0 Å². The Labute approximate surface area is 105 Å². The zero-order chi connectivity index (χ0) is 13.1. The SMILES string of the molecule is CCCCN=C1N[C@@H]2O[C@H](CO)[C@@H](O)[C@H](O)[C@H]2O1. The average Bonchev–Trinajstić information content (AvgIpc) is 2.77. The second-order valence-electron chi connectivity index (χ2n) is 4.53. The highest BCUT2D eigenvalue weighted by atomic mass is 16.6. The summed E-state index contributed by atoms with van der Waals surface area (Å²) in [5.41, 5.74) is 0. The molecule has 0 saturated carbocycles. The van der Waals surface area contributed by atoms with Gasteiger partial charge in [-0.2, -0.15) is 0 Å². The largest absolute Gasteiger partial charge is 0.454 e. The van der Waals surface area contributed by atoms with Gasteiger partial charge in [0.15, 0.2) is 12.3 Å². The Morgan fingerprint density at radius 3 is 2.78 bits per heavy atom. The summed E-state index contributed by atoms with van der Waals surface area (Å²) in [5, 5.41) is 31.5. The van der Waals surface area contributed by atoms with E-state index in [1.54, 1.807) is 0 Å². The first-order chi connectivity index (χ1) is 8.67. The van der Waals surface area contributed by atoms with Crippen LogP contribution in [0.4, 0.5) is 0 Å². The van der Waals surface area contributed by atoms with Gasteiger partial charge in [-0.1, -0.05) is 13.3 Å². The zero-order valence-corrected chi connectivity index (χ0v) is 10.3. The maximum atomic E-state index is 9.88. The van der Waals surface area contributed by atoms with Crippen LogP contribution in [0.5, 0.6) is 0 Å². The number of nitrogens with zero attached hydrogens (tertiary/aromatic N) is 1. The molecule has 5 atom stereocenters. The Morgan fingerprint density at radius 1 is 1.33 bits per heavy atom. The molecule has 0 aromatic carbocycles. The summed E-state index contributed by atoms with van der Waals surface area (Å²) >= 11 is 0. The molecule has 4 N–H and O–H groups in total. The minimum atomic E-state index is -1.16. The van der Waals surface area contributed by atoms with E-state index in [1.807, 2.05) is 0 Å². The minimum absolute atomic E-state index is 0.322. The van der Waals surface area contributed by atoms with Crippen molar-refractivity contribution < 1.29 is 24.8 Å². The minimum Gasteiger partial charge on any atom is -0.454 e. The summed E-state index contributed by atoms with van der Waals surface area (Å²) in [6.45, 7) is 2.35. The van der Waals surface area contributed by atoms with Crippen molar-refractivity contribution in [1.29, 1.82) is 0 Å². The lowest BCUT2D eigenvalue weighted by Crippen LogP contribution is -2.59. The van der Waals surface area contributed by atoms with Gasteiger partial charge >= 0.3 is 0 Å². The van der Waals surface area contributed by atoms with Gasteiger partial charge in [-0.15, -0.1) is 0 Å². The van der Waals surface area contributed by atoms with Crippen molar-refractivity contribution in [3.63, 3.8) is 0 Å². The Balaban J connectivity index is 1.98. The molecule has 0 aromatic heterocycles. The van der Waals surface area contributed by atoms with E-state index in [4.69, 9.17) is 14.6 Å². The van der Waals surface area contributed by atoms with Crippen LogP contribution in [0.1, 0.15) is 19.8 Å². The predicted molar refractivity (Wildman–Crippen MR) is 63.0 cm³/mol. The van der Waals surface area contributed by atoms with E-state index in [0.29, 0.717) is 12.6 Å². The third kappa shape index (κ3) is 2.59. The molecule has 0 aromatic rings. The molecular formula is C11H20N2O5. The summed E-state index contributed by atoms with van der Waals surface area (Å²) in [5.74, 6) is 0. The molecule has 7 nitrogen and oxygen atoms in total. The summed E-state index contributed by atoms with van der Waals surface area (Å²) in [7, 11) is 0. The molecule has 2 saturated heterocycles. The number of hydrogen-bond acceptors (Lipinski definition) is 6. The van der Waals surface area contributed by atoms with Gasteiger partial charge in [0.1, 0.15) is 18.3 Å². The molecule has 0 amide bonds. The number of aliphatic imine (C=N–C) groups is 1. The Bertz CT molecular complexity index is 312. The van der Waals surface area contributed by atoms with E-state index in [9.17, 15) is 10.2 Å². The van der Waals surface area contributed by atoms with E-state index in [-0.39, 0.29) is 6.61 Å². The van der Waals surface area contributed by atoms with Gasteiger partial charge in [-0.3, -0.25) is 0 Å².